The Kier molecular flexibility index (Phi) is 9.46. The second-order valence-corrected chi connectivity index (χ2v) is 12.2. The minimum absolute atomic E-state index is 0.00642. The molecule has 0 spiro atoms. The Morgan fingerprint density at radius 1 is 1.32 bits per heavy atom. The van der Waals surface area contributed by atoms with E-state index in [9.17, 15) is 18.3 Å². The van der Waals surface area contributed by atoms with E-state index in [1.807, 2.05) is 6.92 Å². The summed E-state index contributed by atoms with van der Waals surface area (Å²) in [7, 11) is -2.32. The van der Waals surface area contributed by atoms with Crippen LogP contribution in [0.15, 0.2) is 27.6 Å². The second-order valence-electron chi connectivity index (χ2n) is 10.3. The van der Waals surface area contributed by atoms with Gasteiger partial charge < -0.3 is 24.6 Å². The van der Waals surface area contributed by atoms with Crippen LogP contribution in [0.4, 0.5) is 10.5 Å². The zero-order valence-corrected chi connectivity index (χ0v) is 23.9. The summed E-state index contributed by atoms with van der Waals surface area (Å²) in [5.41, 5.74) is 1.72. The number of sulfonamides is 1. The SMILES string of the molecule is Cc1noc(C)c1NC(=O)N(C)C[C@H]1Oc2cc(C#CCC(C)C)ccc2S(=O)(=O)N([C@H](C)CO)C[C@H]1C. The van der Waals surface area contributed by atoms with E-state index in [1.165, 1.54) is 15.3 Å². The number of aliphatic hydroxyl groups excluding tert-OH is 1. The summed E-state index contributed by atoms with van der Waals surface area (Å²) in [5, 5.41) is 16.5. The summed E-state index contributed by atoms with van der Waals surface area (Å²) in [6, 6.07) is 3.79. The van der Waals surface area contributed by atoms with E-state index in [4.69, 9.17) is 9.26 Å². The normalized spacial score (nSPS) is 19.8. The molecule has 0 saturated heterocycles. The van der Waals surface area contributed by atoms with Gasteiger partial charge >= 0.3 is 6.03 Å². The Balaban J connectivity index is 1.96. The molecule has 0 fully saturated rings. The van der Waals surface area contributed by atoms with Crippen molar-refractivity contribution in [2.45, 2.75) is 65.0 Å². The molecule has 1 aromatic carbocycles. The van der Waals surface area contributed by atoms with Crippen molar-refractivity contribution in [1.82, 2.24) is 14.4 Å². The lowest BCUT2D eigenvalue weighted by Gasteiger charge is -2.37. The number of ether oxygens (including phenoxy) is 1. The minimum Gasteiger partial charge on any atom is -0.487 e. The Hall–Kier alpha value is -3.07. The number of aliphatic hydroxyl groups is 1. The van der Waals surface area contributed by atoms with E-state index >= 15 is 0 Å². The van der Waals surface area contributed by atoms with E-state index in [1.54, 1.807) is 40.0 Å². The largest absolute Gasteiger partial charge is 0.487 e. The van der Waals surface area contributed by atoms with Crippen LogP contribution in [0.2, 0.25) is 0 Å². The summed E-state index contributed by atoms with van der Waals surface area (Å²) in [4.78, 5) is 14.5. The van der Waals surface area contributed by atoms with Gasteiger partial charge in [-0.2, -0.15) is 4.31 Å². The molecule has 2 aromatic rings. The molecule has 208 valence electrons. The van der Waals surface area contributed by atoms with Crippen molar-refractivity contribution in [2.75, 3.05) is 32.1 Å². The van der Waals surface area contributed by atoms with Crippen molar-refractivity contribution < 1.29 is 27.6 Å². The van der Waals surface area contributed by atoms with E-state index in [0.29, 0.717) is 35.0 Å². The van der Waals surface area contributed by atoms with Crippen LogP contribution < -0.4 is 10.1 Å². The van der Waals surface area contributed by atoms with Gasteiger partial charge in [0.15, 0.2) is 5.76 Å². The van der Waals surface area contributed by atoms with Crippen molar-refractivity contribution in [3.8, 4) is 17.6 Å². The van der Waals surface area contributed by atoms with Gasteiger partial charge in [-0.05, 0) is 44.9 Å². The first kappa shape index (κ1) is 29.5. The third-order valence-electron chi connectivity index (χ3n) is 6.48. The standard InChI is InChI=1S/C27H38N4O6S/c1-17(2)9-8-10-22-11-12-25-23(13-22)36-24(18(3)14-31(19(4)16-32)38(25,34)35)15-30(7)27(33)28-26-20(5)29-37-21(26)6/h11-13,17-19,24,32H,9,14-16H2,1-7H3,(H,28,33)/t18-,19-,24-/m1/s1. The Bertz CT molecular complexity index is 1290. The molecule has 0 radical (unpaired) electrons. The first-order valence-electron chi connectivity index (χ1n) is 12.7. The molecular formula is C27H38N4O6S. The highest BCUT2D eigenvalue weighted by atomic mass is 32.2. The van der Waals surface area contributed by atoms with Gasteiger partial charge in [0.05, 0.1) is 13.2 Å². The fourth-order valence-corrected chi connectivity index (χ4v) is 5.92. The first-order valence-corrected chi connectivity index (χ1v) is 14.2. The van der Waals surface area contributed by atoms with Crippen molar-refractivity contribution in [3.05, 3.63) is 35.2 Å². The Morgan fingerprint density at radius 3 is 2.63 bits per heavy atom. The van der Waals surface area contributed by atoms with E-state index in [0.717, 1.165) is 0 Å². The highest BCUT2D eigenvalue weighted by Gasteiger charge is 2.38. The molecule has 0 bridgehead atoms. The van der Waals surface area contributed by atoms with Crippen LogP contribution in [0.1, 0.15) is 51.1 Å². The third kappa shape index (κ3) is 6.67. The minimum atomic E-state index is -3.96. The first-order chi connectivity index (χ1) is 17.8. The number of urea groups is 1. The number of amides is 2. The van der Waals surface area contributed by atoms with Gasteiger partial charge in [-0.25, -0.2) is 13.2 Å². The number of aromatic nitrogens is 1. The molecule has 0 unspecified atom stereocenters. The maximum Gasteiger partial charge on any atom is 0.321 e. The predicted molar refractivity (Wildman–Crippen MR) is 144 cm³/mol. The summed E-state index contributed by atoms with van der Waals surface area (Å²) >= 11 is 0. The molecule has 0 aliphatic carbocycles. The molecular weight excluding hydrogens is 508 g/mol. The van der Waals surface area contributed by atoms with Crippen molar-refractivity contribution in [2.24, 2.45) is 11.8 Å². The van der Waals surface area contributed by atoms with Gasteiger partial charge in [-0.15, -0.1) is 0 Å². The number of nitrogens with zero attached hydrogens (tertiary/aromatic N) is 3. The smallest absolute Gasteiger partial charge is 0.321 e. The number of hydrogen-bond donors (Lipinski definition) is 2. The van der Waals surface area contributed by atoms with Gasteiger partial charge in [0.2, 0.25) is 10.0 Å². The van der Waals surface area contributed by atoms with Crippen LogP contribution in [0.25, 0.3) is 0 Å². The summed E-state index contributed by atoms with van der Waals surface area (Å²) in [6.07, 6.45) is 0.167. The van der Waals surface area contributed by atoms with Gasteiger partial charge in [0.25, 0.3) is 0 Å². The molecule has 0 saturated carbocycles. The lowest BCUT2D eigenvalue weighted by Crippen LogP contribution is -2.50. The molecule has 10 nitrogen and oxygen atoms in total. The molecule has 2 amide bonds. The van der Waals surface area contributed by atoms with Crippen molar-refractivity contribution >= 4 is 21.7 Å². The molecule has 3 atom stereocenters. The van der Waals surface area contributed by atoms with Gasteiger partial charge in [0.1, 0.15) is 28.1 Å². The van der Waals surface area contributed by atoms with Crippen LogP contribution in [0.3, 0.4) is 0 Å². The second kappa shape index (κ2) is 12.2. The Morgan fingerprint density at radius 2 is 2.03 bits per heavy atom. The molecule has 38 heavy (non-hydrogen) atoms. The van der Waals surface area contributed by atoms with Crippen LogP contribution in [-0.4, -0.2) is 72.8 Å². The average Bonchev–Trinajstić information content (AvgIpc) is 3.17. The lowest BCUT2D eigenvalue weighted by atomic mass is 10.0. The summed E-state index contributed by atoms with van der Waals surface area (Å²) < 4.78 is 40.0. The zero-order chi connectivity index (χ0) is 28.2. The highest BCUT2D eigenvalue weighted by molar-refractivity contribution is 7.89. The van der Waals surface area contributed by atoms with Crippen molar-refractivity contribution in [3.63, 3.8) is 0 Å². The van der Waals surface area contributed by atoms with Crippen LogP contribution >= 0.6 is 0 Å². The third-order valence-corrected chi connectivity index (χ3v) is 8.50. The molecule has 1 aliphatic rings. The molecule has 2 N–H and O–H groups in total. The number of carbonyl (C=O) groups excluding carboxylic acids is 1. The van der Waals surface area contributed by atoms with Crippen LogP contribution in [0.5, 0.6) is 5.75 Å². The van der Waals surface area contributed by atoms with Gasteiger partial charge in [-0.1, -0.05) is 37.8 Å². The van der Waals surface area contributed by atoms with Crippen LogP contribution in [0, 0.1) is 37.5 Å². The maximum absolute atomic E-state index is 13.6. The predicted octanol–water partition coefficient (Wildman–Crippen LogP) is 3.62. The molecule has 3 rings (SSSR count). The van der Waals surface area contributed by atoms with Crippen molar-refractivity contribution in [1.29, 1.82) is 0 Å². The van der Waals surface area contributed by atoms with Gasteiger partial charge in [0, 0.05) is 37.5 Å². The number of anilines is 1. The van der Waals surface area contributed by atoms with Crippen LogP contribution in [-0.2, 0) is 10.0 Å². The summed E-state index contributed by atoms with van der Waals surface area (Å²) in [5.74, 6) is 6.98. The van der Waals surface area contributed by atoms with E-state index in [-0.39, 0.29) is 42.3 Å². The average molecular weight is 547 g/mol. The highest BCUT2D eigenvalue weighted by Crippen LogP contribution is 2.34. The zero-order valence-electron chi connectivity index (χ0n) is 23.1. The maximum atomic E-state index is 13.6. The molecule has 11 heteroatoms. The van der Waals surface area contributed by atoms with E-state index < -0.39 is 22.2 Å². The quantitative estimate of drug-likeness (QED) is 0.530. The number of likely N-dealkylation sites (N-methyl/N-ethyl adjacent to an activating group) is 1. The Labute approximate surface area is 225 Å². The number of nitrogens with one attached hydrogen (secondary N) is 1. The number of hydrogen-bond acceptors (Lipinski definition) is 7. The lowest BCUT2D eigenvalue weighted by molar-refractivity contribution is 0.0830. The molecule has 1 aromatic heterocycles. The summed E-state index contributed by atoms with van der Waals surface area (Å²) in [6.45, 7) is 11.1. The molecule has 1 aliphatic heterocycles. The molecule has 2 heterocycles. The number of aryl methyl sites for hydroxylation is 2. The fraction of sp³-hybridized carbons (Fsp3) is 0.556. The van der Waals surface area contributed by atoms with Gasteiger partial charge in [-0.3, -0.25) is 0 Å². The number of fused-ring (bicyclic) bond motifs is 1. The monoisotopic (exact) mass is 546 g/mol. The fourth-order valence-electron chi connectivity index (χ4n) is 4.10. The number of benzene rings is 1. The number of carbonyl (C=O) groups is 1. The number of rotatable bonds is 6. The van der Waals surface area contributed by atoms with E-state index in [2.05, 4.69) is 36.2 Å². The topological polar surface area (TPSA) is 125 Å².